The Labute approximate surface area is 184 Å². The van der Waals surface area contributed by atoms with E-state index in [-0.39, 0.29) is 11.8 Å². The van der Waals surface area contributed by atoms with Gasteiger partial charge >= 0.3 is 0 Å². The standard InChI is InChI=1S/C22H24N4O2S2/c1-16-5-6-18(14-17(16)2)26-8-7-23-22(26)30-15-20(27)24-9-11-25(12-10-24)21(28)19-4-3-13-29-19/h3-8,13-14H,9-12,15H2,1-2H3. The molecular formula is C22H24N4O2S2. The number of thiophene rings is 1. The highest BCUT2D eigenvalue weighted by molar-refractivity contribution is 7.99. The second-order valence-electron chi connectivity index (χ2n) is 7.29. The lowest BCUT2D eigenvalue weighted by molar-refractivity contribution is -0.129. The highest BCUT2D eigenvalue weighted by atomic mass is 32.2. The van der Waals surface area contributed by atoms with E-state index in [1.165, 1.54) is 34.2 Å². The summed E-state index contributed by atoms with van der Waals surface area (Å²) in [6, 6.07) is 10.0. The second-order valence-corrected chi connectivity index (χ2v) is 9.18. The Balaban J connectivity index is 1.32. The first-order chi connectivity index (χ1) is 14.5. The quantitative estimate of drug-likeness (QED) is 0.569. The van der Waals surface area contributed by atoms with Crippen LogP contribution in [0.1, 0.15) is 20.8 Å². The first-order valence-electron chi connectivity index (χ1n) is 9.87. The monoisotopic (exact) mass is 440 g/mol. The molecule has 0 bridgehead atoms. The Bertz CT molecular complexity index is 1040. The lowest BCUT2D eigenvalue weighted by atomic mass is 10.1. The number of aromatic nitrogens is 2. The molecule has 1 aromatic carbocycles. The van der Waals surface area contributed by atoms with Gasteiger partial charge in [-0.05, 0) is 48.6 Å². The summed E-state index contributed by atoms with van der Waals surface area (Å²) in [5.41, 5.74) is 3.52. The van der Waals surface area contributed by atoms with Crippen LogP contribution in [0.25, 0.3) is 5.69 Å². The summed E-state index contributed by atoms with van der Waals surface area (Å²) < 4.78 is 2.02. The molecule has 0 N–H and O–H groups in total. The number of thioether (sulfide) groups is 1. The van der Waals surface area contributed by atoms with E-state index in [2.05, 4.69) is 37.0 Å². The Morgan fingerprint density at radius 1 is 1.07 bits per heavy atom. The van der Waals surface area contributed by atoms with E-state index in [4.69, 9.17) is 0 Å². The second kappa shape index (κ2) is 9.06. The fraction of sp³-hybridized carbons (Fsp3) is 0.318. The minimum atomic E-state index is 0.0573. The first-order valence-corrected chi connectivity index (χ1v) is 11.7. The normalized spacial score (nSPS) is 14.2. The molecule has 1 saturated heterocycles. The topological polar surface area (TPSA) is 58.4 Å². The van der Waals surface area contributed by atoms with Crippen LogP contribution in [0.4, 0.5) is 0 Å². The van der Waals surface area contributed by atoms with Crippen molar-refractivity contribution in [2.24, 2.45) is 0 Å². The van der Waals surface area contributed by atoms with Crippen molar-refractivity contribution >= 4 is 34.9 Å². The Hall–Kier alpha value is -2.58. The maximum absolute atomic E-state index is 12.7. The molecule has 30 heavy (non-hydrogen) atoms. The minimum Gasteiger partial charge on any atom is -0.338 e. The third-order valence-corrected chi connectivity index (χ3v) is 7.16. The average molecular weight is 441 g/mol. The number of hydrogen-bond acceptors (Lipinski definition) is 5. The van der Waals surface area contributed by atoms with Crippen LogP contribution in [0.5, 0.6) is 0 Å². The van der Waals surface area contributed by atoms with Gasteiger partial charge in [0.1, 0.15) is 0 Å². The van der Waals surface area contributed by atoms with Crippen LogP contribution >= 0.6 is 23.1 Å². The van der Waals surface area contributed by atoms with Crippen LogP contribution in [0.2, 0.25) is 0 Å². The molecule has 0 spiro atoms. The van der Waals surface area contributed by atoms with Gasteiger partial charge in [-0.15, -0.1) is 11.3 Å². The summed E-state index contributed by atoms with van der Waals surface area (Å²) in [6.45, 7) is 6.48. The van der Waals surface area contributed by atoms with Gasteiger partial charge in [-0.3, -0.25) is 14.2 Å². The highest BCUT2D eigenvalue weighted by Gasteiger charge is 2.25. The van der Waals surface area contributed by atoms with E-state index in [0.29, 0.717) is 31.9 Å². The molecule has 156 valence electrons. The summed E-state index contributed by atoms with van der Waals surface area (Å²) in [5.74, 6) is 0.473. The van der Waals surface area contributed by atoms with Crippen LogP contribution in [-0.2, 0) is 4.79 Å². The molecule has 0 atom stereocenters. The molecule has 1 aliphatic heterocycles. The molecule has 3 heterocycles. The van der Waals surface area contributed by atoms with Gasteiger partial charge in [0.2, 0.25) is 5.91 Å². The number of carbonyl (C=O) groups is 2. The smallest absolute Gasteiger partial charge is 0.264 e. The molecular weight excluding hydrogens is 416 g/mol. The van der Waals surface area contributed by atoms with Crippen molar-refractivity contribution in [2.45, 2.75) is 19.0 Å². The number of amides is 2. The van der Waals surface area contributed by atoms with Gasteiger partial charge in [-0.25, -0.2) is 4.98 Å². The van der Waals surface area contributed by atoms with Crippen LogP contribution < -0.4 is 0 Å². The fourth-order valence-electron chi connectivity index (χ4n) is 3.40. The third kappa shape index (κ3) is 4.44. The van der Waals surface area contributed by atoms with Gasteiger partial charge in [0.15, 0.2) is 5.16 Å². The number of hydrogen-bond donors (Lipinski definition) is 0. The number of carbonyl (C=O) groups excluding carboxylic acids is 2. The van der Waals surface area contributed by atoms with Crippen LogP contribution in [0.15, 0.2) is 53.3 Å². The maximum Gasteiger partial charge on any atom is 0.264 e. The van der Waals surface area contributed by atoms with Gasteiger partial charge < -0.3 is 9.80 Å². The Morgan fingerprint density at radius 2 is 1.83 bits per heavy atom. The molecule has 1 fully saturated rings. The van der Waals surface area contributed by atoms with E-state index in [0.717, 1.165) is 15.7 Å². The van der Waals surface area contributed by atoms with Crippen LogP contribution in [-0.4, -0.2) is 63.1 Å². The van der Waals surface area contributed by atoms with Crippen LogP contribution in [0, 0.1) is 13.8 Å². The SMILES string of the molecule is Cc1ccc(-n2ccnc2SCC(=O)N2CCN(C(=O)c3cccs3)CC2)cc1C. The summed E-state index contributed by atoms with van der Waals surface area (Å²) in [7, 11) is 0. The van der Waals surface area contributed by atoms with Gasteiger partial charge in [0.05, 0.1) is 10.6 Å². The molecule has 2 aromatic heterocycles. The minimum absolute atomic E-state index is 0.0573. The summed E-state index contributed by atoms with van der Waals surface area (Å²) in [5, 5.41) is 2.71. The van der Waals surface area contributed by atoms with Gasteiger partial charge in [0.25, 0.3) is 5.91 Å². The van der Waals surface area contributed by atoms with E-state index in [1.807, 2.05) is 38.1 Å². The Morgan fingerprint density at radius 3 is 2.53 bits per heavy atom. The number of benzene rings is 1. The molecule has 0 unspecified atom stereocenters. The van der Waals surface area contributed by atoms with Gasteiger partial charge in [0, 0.05) is 44.3 Å². The molecule has 1 aliphatic rings. The zero-order valence-corrected chi connectivity index (χ0v) is 18.7. The molecule has 3 aromatic rings. The fourth-order valence-corrected chi connectivity index (χ4v) is 4.97. The lowest BCUT2D eigenvalue weighted by Crippen LogP contribution is -2.51. The maximum atomic E-state index is 12.7. The molecule has 0 saturated carbocycles. The van der Waals surface area contributed by atoms with Gasteiger partial charge in [-0.2, -0.15) is 0 Å². The third-order valence-electron chi connectivity index (χ3n) is 5.35. The van der Waals surface area contributed by atoms with Crippen molar-refractivity contribution in [3.63, 3.8) is 0 Å². The van der Waals surface area contributed by atoms with Crippen molar-refractivity contribution in [1.82, 2.24) is 19.4 Å². The molecule has 0 radical (unpaired) electrons. The summed E-state index contributed by atoms with van der Waals surface area (Å²) in [6.07, 6.45) is 3.68. The first kappa shape index (κ1) is 20.7. The molecule has 2 amide bonds. The number of nitrogens with zero attached hydrogens (tertiary/aromatic N) is 4. The van der Waals surface area contributed by atoms with E-state index < -0.39 is 0 Å². The lowest BCUT2D eigenvalue weighted by Gasteiger charge is -2.34. The number of imidazole rings is 1. The van der Waals surface area contributed by atoms with Crippen molar-refractivity contribution in [2.75, 3.05) is 31.9 Å². The van der Waals surface area contributed by atoms with Crippen molar-refractivity contribution in [3.8, 4) is 5.69 Å². The molecule has 6 nitrogen and oxygen atoms in total. The predicted molar refractivity (Wildman–Crippen MR) is 121 cm³/mol. The van der Waals surface area contributed by atoms with Crippen molar-refractivity contribution < 1.29 is 9.59 Å². The zero-order valence-electron chi connectivity index (χ0n) is 17.1. The van der Waals surface area contributed by atoms with E-state index >= 15 is 0 Å². The number of piperazine rings is 1. The van der Waals surface area contributed by atoms with Gasteiger partial charge in [-0.1, -0.05) is 23.9 Å². The van der Waals surface area contributed by atoms with Crippen molar-refractivity contribution in [3.05, 3.63) is 64.1 Å². The largest absolute Gasteiger partial charge is 0.338 e. The zero-order chi connectivity index (χ0) is 21.1. The average Bonchev–Trinajstić information content (AvgIpc) is 3.46. The summed E-state index contributed by atoms with van der Waals surface area (Å²) in [4.78, 5) is 34.0. The molecule has 4 rings (SSSR count). The van der Waals surface area contributed by atoms with Crippen molar-refractivity contribution in [1.29, 1.82) is 0 Å². The summed E-state index contributed by atoms with van der Waals surface area (Å²) >= 11 is 2.90. The Kier molecular flexibility index (Phi) is 6.24. The number of aryl methyl sites for hydroxylation is 2. The van der Waals surface area contributed by atoms with E-state index in [9.17, 15) is 9.59 Å². The highest BCUT2D eigenvalue weighted by Crippen LogP contribution is 2.23. The molecule has 0 aliphatic carbocycles. The predicted octanol–water partition coefficient (Wildman–Crippen LogP) is 3.63. The van der Waals surface area contributed by atoms with Crippen LogP contribution in [0.3, 0.4) is 0 Å². The van der Waals surface area contributed by atoms with E-state index in [1.54, 1.807) is 6.20 Å². The number of rotatable bonds is 5. The molecule has 8 heteroatoms.